The molecule has 0 aromatic heterocycles. The molecule has 1 amide bonds. The van der Waals surface area contributed by atoms with Gasteiger partial charge in [0, 0.05) is 44.3 Å². The molecule has 1 aromatic rings. The van der Waals surface area contributed by atoms with E-state index in [0.29, 0.717) is 13.1 Å². The molecule has 1 aliphatic rings. The van der Waals surface area contributed by atoms with Gasteiger partial charge in [0.05, 0.1) is 6.54 Å². The molecule has 1 fully saturated rings. The molecule has 4 nitrogen and oxygen atoms in total. The summed E-state index contributed by atoms with van der Waals surface area (Å²) in [6.45, 7) is 8.44. The Kier molecular flexibility index (Phi) is 5.70. The van der Waals surface area contributed by atoms with Gasteiger partial charge < -0.3 is 5.32 Å². The highest BCUT2D eigenvalue weighted by molar-refractivity contribution is 5.78. The highest BCUT2D eigenvalue weighted by Crippen LogP contribution is 2.11. The predicted molar refractivity (Wildman–Crippen MR) is 81.4 cm³/mol. The average Bonchev–Trinajstić information content (AvgIpc) is 2.42. The summed E-state index contributed by atoms with van der Waals surface area (Å²) in [7, 11) is 0. The van der Waals surface area contributed by atoms with Crippen molar-refractivity contribution in [3.63, 3.8) is 0 Å². The summed E-state index contributed by atoms with van der Waals surface area (Å²) in [5, 5.41) is 2.90. The number of rotatable bonds is 5. The van der Waals surface area contributed by atoms with Crippen LogP contribution in [0.25, 0.3) is 0 Å². The highest BCUT2D eigenvalue weighted by atomic mass is 19.1. The Bertz CT molecular complexity index is 470. The van der Waals surface area contributed by atoms with Gasteiger partial charge in [-0.1, -0.05) is 18.2 Å². The molecular formula is C16H24FN3O. The topological polar surface area (TPSA) is 35.6 Å². The van der Waals surface area contributed by atoms with Gasteiger partial charge in [0.25, 0.3) is 0 Å². The molecule has 0 radical (unpaired) electrons. The van der Waals surface area contributed by atoms with Crippen LogP contribution < -0.4 is 5.32 Å². The van der Waals surface area contributed by atoms with Gasteiger partial charge in [0.15, 0.2) is 0 Å². The first-order chi connectivity index (χ1) is 10.0. The molecule has 0 unspecified atom stereocenters. The van der Waals surface area contributed by atoms with E-state index in [1.807, 2.05) is 26.0 Å². The summed E-state index contributed by atoms with van der Waals surface area (Å²) in [5.41, 5.74) is 0.739. The Balaban J connectivity index is 1.76. The van der Waals surface area contributed by atoms with E-state index in [0.717, 1.165) is 31.7 Å². The van der Waals surface area contributed by atoms with Crippen LogP contribution in [0.3, 0.4) is 0 Å². The molecule has 1 aliphatic heterocycles. The summed E-state index contributed by atoms with van der Waals surface area (Å²) in [4.78, 5) is 16.1. The first-order valence-electron chi connectivity index (χ1n) is 7.52. The molecule has 1 saturated heterocycles. The van der Waals surface area contributed by atoms with Crippen molar-refractivity contribution in [1.82, 2.24) is 15.1 Å². The van der Waals surface area contributed by atoms with Gasteiger partial charge in [-0.15, -0.1) is 0 Å². The van der Waals surface area contributed by atoms with Crippen molar-refractivity contribution in [3.8, 4) is 0 Å². The molecule has 1 N–H and O–H groups in total. The van der Waals surface area contributed by atoms with E-state index in [2.05, 4.69) is 15.1 Å². The number of halogens is 1. The van der Waals surface area contributed by atoms with E-state index in [1.54, 1.807) is 6.07 Å². The Morgan fingerprint density at radius 2 is 1.81 bits per heavy atom. The predicted octanol–water partition coefficient (Wildman–Crippen LogP) is 1.47. The van der Waals surface area contributed by atoms with Crippen LogP contribution in [0.2, 0.25) is 0 Å². The fourth-order valence-electron chi connectivity index (χ4n) is 2.54. The minimum atomic E-state index is -0.142. The van der Waals surface area contributed by atoms with Crippen LogP contribution in [0.4, 0.5) is 4.39 Å². The minimum Gasteiger partial charge on any atom is -0.353 e. The summed E-state index contributed by atoms with van der Waals surface area (Å²) in [6, 6.07) is 7.09. The molecule has 0 bridgehead atoms. The van der Waals surface area contributed by atoms with E-state index >= 15 is 0 Å². The van der Waals surface area contributed by atoms with Crippen LogP contribution in [0.1, 0.15) is 19.4 Å². The fraction of sp³-hybridized carbons (Fsp3) is 0.562. The first-order valence-corrected chi connectivity index (χ1v) is 7.52. The number of carbonyl (C=O) groups excluding carboxylic acids is 1. The maximum absolute atomic E-state index is 13.6. The van der Waals surface area contributed by atoms with Gasteiger partial charge in [-0.2, -0.15) is 0 Å². The third-order valence-corrected chi connectivity index (χ3v) is 3.63. The SMILES string of the molecule is CC(C)NC(=O)CN1CCN(Cc2ccccc2F)CC1. The third-order valence-electron chi connectivity index (χ3n) is 3.63. The lowest BCUT2D eigenvalue weighted by atomic mass is 10.2. The Hall–Kier alpha value is -1.46. The maximum Gasteiger partial charge on any atom is 0.234 e. The smallest absolute Gasteiger partial charge is 0.234 e. The second kappa shape index (κ2) is 7.52. The van der Waals surface area contributed by atoms with Crippen LogP contribution in [0.5, 0.6) is 0 Å². The summed E-state index contributed by atoms with van der Waals surface area (Å²) in [5.74, 6) is -0.0659. The van der Waals surface area contributed by atoms with Crippen LogP contribution in [-0.2, 0) is 11.3 Å². The number of carbonyl (C=O) groups is 1. The molecule has 0 saturated carbocycles. The van der Waals surface area contributed by atoms with Gasteiger partial charge in [-0.25, -0.2) is 4.39 Å². The molecule has 1 aromatic carbocycles. The van der Waals surface area contributed by atoms with Gasteiger partial charge in [-0.05, 0) is 19.9 Å². The van der Waals surface area contributed by atoms with Crippen LogP contribution >= 0.6 is 0 Å². The maximum atomic E-state index is 13.6. The van der Waals surface area contributed by atoms with E-state index < -0.39 is 0 Å². The van der Waals surface area contributed by atoms with Crippen molar-refractivity contribution in [1.29, 1.82) is 0 Å². The van der Waals surface area contributed by atoms with Gasteiger partial charge in [-0.3, -0.25) is 14.6 Å². The zero-order chi connectivity index (χ0) is 15.2. The summed E-state index contributed by atoms with van der Waals surface area (Å²) >= 11 is 0. The largest absolute Gasteiger partial charge is 0.353 e. The molecule has 116 valence electrons. The van der Waals surface area contributed by atoms with Gasteiger partial charge >= 0.3 is 0 Å². The molecule has 0 atom stereocenters. The molecule has 21 heavy (non-hydrogen) atoms. The Morgan fingerprint density at radius 3 is 2.43 bits per heavy atom. The highest BCUT2D eigenvalue weighted by Gasteiger charge is 2.19. The Labute approximate surface area is 125 Å². The lowest BCUT2D eigenvalue weighted by Crippen LogP contribution is -2.49. The number of hydrogen-bond donors (Lipinski definition) is 1. The second-order valence-electron chi connectivity index (χ2n) is 5.87. The number of amides is 1. The number of hydrogen-bond acceptors (Lipinski definition) is 3. The fourth-order valence-corrected chi connectivity index (χ4v) is 2.54. The van der Waals surface area contributed by atoms with Crippen molar-refractivity contribution >= 4 is 5.91 Å². The number of benzene rings is 1. The van der Waals surface area contributed by atoms with Crippen molar-refractivity contribution in [2.24, 2.45) is 0 Å². The average molecular weight is 293 g/mol. The first kappa shape index (κ1) is 15.9. The number of piperazine rings is 1. The molecule has 0 aliphatic carbocycles. The number of nitrogens with one attached hydrogen (secondary N) is 1. The van der Waals surface area contributed by atoms with Crippen molar-refractivity contribution in [2.45, 2.75) is 26.4 Å². The van der Waals surface area contributed by atoms with Crippen molar-refractivity contribution in [3.05, 3.63) is 35.6 Å². The van der Waals surface area contributed by atoms with E-state index in [9.17, 15) is 9.18 Å². The van der Waals surface area contributed by atoms with Gasteiger partial charge in [0.2, 0.25) is 5.91 Å². The lowest BCUT2D eigenvalue weighted by molar-refractivity contribution is -0.123. The van der Waals surface area contributed by atoms with E-state index in [-0.39, 0.29) is 17.8 Å². The molecule has 1 heterocycles. The standard InChI is InChI=1S/C16H24FN3O/c1-13(2)18-16(21)12-20-9-7-19(8-10-20)11-14-5-3-4-6-15(14)17/h3-6,13H,7-12H2,1-2H3,(H,18,21). The van der Waals surface area contributed by atoms with Crippen LogP contribution in [-0.4, -0.2) is 54.5 Å². The summed E-state index contributed by atoms with van der Waals surface area (Å²) in [6.07, 6.45) is 0. The van der Waals surface area contributed by atoms with E-state index in [1.165, 1.54) is 6.07 Å². The molecule has 2 rings (SSSR count). The van der Waals surface area contributed by atoms with Crippen molar-refractivity contribution < 1.29 is 9.18 Å². The lowest BCUT2D eigenvalue weighted by Gasteiger charge is -2.34. The second-order valence-corrected chi connectivity index (χ2v) is 5.87. The molecular weight excluding hydrogens is 269 g/mol. The molecule has 0 spiro atoms. The zero-order valence-electron chi connectivity index (χ0n) is 12.8. The van der Waals surface area contributed by atoms with Gasteiger partial charge in [0.1, 0.15) is 5.82 Å². The monoisotopic (exact) mass is 293 g/mol. The summed E-state index contributed by atoms with van der Waals surface area (Å²) < 4.78 is 13.6. The Morgan fingerprint density at radius 1 is 1.19 bits per heavy atom. The normalized spacial score (nSPS) is 17.1. The number of nitrogens with zero attached hydrogens (tertiary/aromatic N) is 2. The van der Waals surface area contributed by atoms with Crippen molar-refractivity contribution in [2.75, 3.05) is 32.7 Å². The zero-order valence-corrected chi connectivity index (χ0v) is 12.8. The minimum absolute atomic E-state index is 0.0764. The third kappa shape index (κ3) is 5.10. The quantitative estimate of drug-likeness (QED) is 0.893. The van der Waals surface area contributed by atoms with Crippen LogP contribution in [0, 0.1) is 5.82 Å². The molecule has 5 heteroatoms. The van der Waals surface area contributed by atoms with E-state index in [4.69, 9.17) is 0 Å². The van der Waals surface area contributed by atoms with Crippen LogP contribution in [0.15, 0.2) is 24.3 Å².